The van der Waals surface area contributed by atoms with Crippen molar-refractivity contribution in [3.63, 3.8) is 0 Å². The Morgan fingerprint density at radius 3 is 2.38 bits per heavy atom. The van der Waals surface area contributed by atoms with Crippen molar-refractivity contribution in [2.45, 2.75) is 25.8 Å². The van der Waals surface area contributed by atoms with E-state index in [1.807, 2.05) is 31.2 Å². The molecule has 16 heavy (non-hydrogen) atoms. The lowest BCUT2D eigenvalue weighted by molar-refractivity contribution is 0.478. The molecule has 0 saturated heterocycles. The zero-order valence-electron chi connectivity index (χ0n) is 9.26. The first-order chi connectivity index (χ1) is 7.38. The molecule has 0 aliphatic rings. The van der Waals surface area contributed by atoms with Crippen LogP contribution in [0.2, 0.25) is 0 Å². The first-order valence-electron chi connectivity index (χ1n) is 5.16. The minimum atomic E-state index is -3.86. The van der Waals surface area contributed by atoms with Crippen LogP contribution in [0.25, 0.3) is 0 Å². The summed E-state index contributed by atoms with van der Waals surface area (Å²) in [6.45, 7) is 1.99. The molecule has 0 aliphatic carbocycles. The zero-order chi connectivity index (χ0) is 12.2. The molecule has 0 heterocycles. The van der Waals surface area contributed by atoms with Crippen LogP contribution in [0.3, 0.4) is 0 Å². The lowest BCUT2D eigenvalue weighted by atomic mass is 10.0. The topological polar surface area (TPSA) is 80.4 Å². The molecule has 1 rings (SSSR count). The van der Waals surface area contributed by atoms with Crippen LogP contribution in [0.4, 0.5) is 0 Å². The third kappa shape index (κ3) is 4.74. The summed E-state index contributed by atoms with van der Waals surface area (Å²) in [5.74, 6) is -0.230. The second-order valence-electron chi connectivity index (χ2n) is 3.95. The Kier molecular flexibility index (Phi) is 4.46. The standard InChI is InChI=1S/C11H17NO3S/c1-9-4-6-10(7-5-9)11(12)3-2-8-16(13,14)15/h4-7,11H,2-3,8,12H2,1H3,(H,13,14,15). The summed E-state index contributed by atoms with van der Waals surface area (Å²) in [6.07, 6.45) is 0.913. The van der Waals surface area contributed by atoms with Crippen LogP contribution in [0.5, 0.6) is 0 Å². The molecule has 0 bridgehead atoms. The highest BCUT2D eigenvalue weighted by Gasteiger charge is 2.09. The van der Waals surface area contributed by atoms with Gasteiger partial charge >= 0.3 is 0 Å². The molecule has 0 aromatic heterocycles. The molecular formula is C11H17NO3S. The summed E-state index contributed by atoms with van der Waals surface area (Å²) in [5, 5.41) is 0. The Morgan fingerprint density at radius 2 is 1.88 bits per heavy atom. The van der Waals surface area contributed by atoms with Gasteiger partial charge in [-0.3, -0.25) is 4.55 Å². The van der Waals surface area contributed by atoms with Gasteiger partial charge in [0.05, 0.1) is 5.75 Å². The van der Waals surface area contributed by atoms with Crippen LogP contribution in [0.15, 0.2) is 24.3 Å². The van der Waals surface area contributed by atoms with Crippen LogP contribution < -0.4 is 5.73 Å². The van der Waals surface area contributed by atoms with Gasteiger partial charge in [-0.15, -0.1) is 0 Å². The maximum Gasteiger partial charge on any atom is 0.264 e. The molecule has 0 spiro atoms. The quantitative estimate of drug-likeness (QED) is 0.771. The number of hydrogen-bond donors (Lipinski definition) is 2. The highest BCUT2D eigenvalue weighted by molar-refractivity contribution is 7.85. The molecule has 0 saturated carbocycles. The second kappa shape index (κ2) is 5.43. The summed E-state index contributed by atoms with van der Waals surface area (Å²) >= 11 is 0. The van der Waals surface area contributed by atoms with Crippen molar-refractivity contribution in [2.24, 2.45) is 5.73 Å². The van der Waals surface area contributed by atoms with Gasteiger partial charge in [0.1, 0.15) is 0 Å². The molecule has 0 fully saturated rings. The molecule has 1 aromatic rings. The highest BCUT2D eigenvalue weighted by atomic mass is 32.2. The normalized spacial score (nSPS) is 13.7. The lowest BCUT2D eigenvalue weighted by Crippen LogP contribution is -2.12. The lowest BCUT2D eigenvalue weighted by Gasteiger charge is -2.11. The van der Waals surface area contributed by atoms with Crippen LogP contribution in [-0.4, -0.2) is 18.7 Å². The van der Waals surface area contributed by atoms with Gasteiger partial charge in [-0.05, 0) is 25.3 Å². The summed E-state index contributed by atoms with van der Waals surface area (Å²) < 4.78 is 29.6. The monoisotopic (exact) mass is 243 g/mol. The third-order valence-electron chi connectivity index (χ3n) is 2.42. The Bertz CT molecular complexity index is 425. The number of nitrogens with two attached hydrogens (primary N) is 1. The van der Waals surface area contributed by atoms with Crippen LogP contribution >= 0.6 is 0 Å². The van der Waals surface area contributed by atoms with Gasteiger partial charge < -0.3 is 5.73 Å². The Labute approximate surface area is 96.2 Å². The molecule has 90 valence electrons. The molecule has 3 N–H and O–H groups in total. The smallest absolute Gasteiger partial charge is 0.264 e. The van der Waals surface area contributed by atoms with E-state index in [9.17, 15) is 8.42 Å². The molecule has 0 radical (unpaired) electrons. The van der Waals surface area contributed by atoms with Gasteiger partial charge in [-0.25, -0.2) is 0 Å². The van der Waals surface area contributed by atoms with Crippen LogP contribution in [-0.2, 0) is 10.1 Å². The molecule has 0 aliphatic heterocycles. The van der Waals surface area contributed by atoms with Crippen molar-refractivity contribution in [2.75, 3.05) is 5.75 Å². The highest BCUT2D eigenvalue weighted by Crippen LogP contribution is 2.16. The summed E-state index contributed by atoms with van der Waals surface area (Å²) in [7, 11) is -3.86. The SMILES string of the molecule is Cc1ccc(C(N)CCCS(=O)(=O)O)cc1. The van der Waals surface area contributed by atoms with Crippen molar-refractivity contribution < 1.29 is 13.0 Å². The largest absolute Gasteiger partial charge is 0.324 e. The maximum atomic E-state index is 10.5. The van der Waals surface area contributed by atoms with E-state index < -0.39 is 10.1 Å². The Hall–Kier alpha value is -0.910. The van der Waals surface area contributed by atoms with Gasteiger partial charge in [0.25, 0.3) is 10.1 Å². The minimum absolute atomic E-state index is 0.178. The fraction of sp³-hybridized carbons (Fsp3) is 0.455. The predicted molar refractivity (Wildman–Crippen MR) is 63.8 cm³/mol. The molecule has 1 unspecified atom stereocenters. The fourth-order valence-corrected chi connectivity index (χ4v) is 2.00. The first kappa shape index (κ1) is 13.2. The van der Waals surface area contributed by atoms with E-state index in [1.54, 1.807) is 0 Å². The predicted octanol–water partition coefficient (Wildman–Crippen LogP) is 1.66. The van der Waals surface area contributed by atoms with Gasteiger partial charge in [0.2, 0.25) is 0 Å². The molecular weight excluding hydrogens is 226 g/mol. The molecule has 1 atom stereocenters. The summed E-state index contributed by atoms with van der Waals surface area (Å²) in [6, 6.07) is 7.64. The summed E-state index contributed by atoms with van der Waals surface area (Å²) in [4.78, 5) is 0. The van der Waals surface area contributed by atoms with Gasteiger partial charge in [-0.1, -0.05) is 29.8 Å². The maximum absolute atomic E-state index is 10.5. The average molecular weight is 243 g/mol. The van der Waals surface area contributed by atoms with Crippen LogP contribution in [0.1, 0.15) is 30.0 Å². The van der Waals surface area contributed by atoms with E-state index in [4.69, 9.17) is 10.3 Å². The zero-order valence-corrected chi connectivity index (χ0v) is 10.1. The molecule has 1 aromatic carbocycles. The minimum Gasteiger partial charge on any atom is -0.324 e. The first-order valence-corrected chi connectivity index (χ1v) is 6.77. The van der Waals surface area contributed by atoms with Gasteiger partial charge in [0, 0.05) is 6.04 Å². The van der Waals surface area contributed by atoms with E-state index in [0.29, 0.717) is 12.8 Å². The summed E-state index contributed by atoms with van der Waals surface area (Å²) in [5.41, 5.74) is 8.05. The van der Waals surface area contributed by atoms with E-state index in [1.165, 1.54) is 0 Å². The third-order valence-corrected chi connectivity index (χ3v) is 3.23. The van der Waals surface area contributed by atoms with E-state index in [2.05, 4.69) is 0 Å². The van der Waals surface area contributed by atoms with Crippen LogP contribution in [0, 0.1) is 6.92 Å². The number of benzene rings is 1. The molecule has 0 amide bonds. The van der Waals surface area contributed by atoms with Gasteiger partial charge in [-0.2, -0.15) is 8.42 Å². The Morgan fingerprint density at radius 1 is 1.31 bits per heavy atom. The molecule has 4 nitrogen and oxygen atoms in total. The van der Waals surface area contributed by atoms with Crippen molar-refractivity contribution in [1.82, 2.24) is 0 Å². The number of aryl methyl sites for hydroxylation is 1. The van der Waals surface area contributed by atoms with E-state index >= 15 is 0 Å². The van der Waals surface area contributed by atoms with E-state index in [0.717, 1.165) is 11.1 Å². The fourth-order valence-electron chi connectivity index (χ4n) is 1.47. The van der Waals surface area contributed by atoms with Crippen molar-refractivity contribution >= 4 is 10.1 Å². The van der Waals surface area contributed by atoms with Gasteiger partial charge in [0.15, 0.2) is 0 Å². The van der Waals surface area contributed by atoms with Crippen molar-refractivity contribution in [3.8, 4) is 0 Å². The second-order valence-corrected chi connectivity index (χ2v) is 5.52. The molecule has 5 heteroatoms. The van der Waals surface area contributed by atoms with Crippen molar-refractivity contribution in [3.05, 3.63) is 35.4 Å². The number of hydrogen-bond acceptors (Lipinski definition) is 3. The Balaban J connectivity index is 2.47. The number of rotatable bonds is 5. The van der Waals surface area contributed by atoms with E-state index in [-0.39, 0.29) is 11.8 Å². The van der Waals surface area contributed by atoms with Crippen molar-refractivity contribution in [1.29, 1.82) is 0 Å². The average Bonchev–Trinajstić information content (AvgIpc) is 2.16.